The molecular formula is C14H15NO3. The van der Waals surface area contributed by atoms with Gasteiger partial charge in [-0.15, -0.1) is 0 Å². The maximum absolute atomic E-state index is 11.5. The summed E-state index contributed by atoms with van der Waals surface area (Å²) in [6.45, 7) is 4.22. The van der Waals surface area contributed by atoms with Crippen LogP contribution in [0, 0.1) is 6.92 Å². The van der Waals surface area contributed by atoms with E-state index in [1.165, 1.54) is 0 Å². The second-order valence-electron chi connectivity index (χ2n) is 4.11. The number of hydrogen-bond donors (Lipinski definition) is 0. The Kier molecular flexibility index (Phi) is 3.46. The highest BCUT2D eigenvalue weighted by molar-refractivity contribution is 5.99. The van der Waals surface area contributed by atoms with Crippen molar-refractivity contribution in [2.45, 2.75) is 20.4 Å². The van der Waals surface area contributed by atoms with Crippen molar-refractivity contribution >= 4 is 23.2 Å². The number of esters is 1. The quantitative estimate of drug-likeness (QED) is 0.613. The number of carbonyl (C=O) groups excluding carboxylic acids is 2. The summed E-state index contributed by atoms with van der Waals surface area (Å²) in [5, 5.41) is 0.870. The third kappa shape index (κ3) is 2.14. The second-order valence-corrected chi connectivity index (χ2v) is 4.11. The van der Waals surface area contributed by atoms with Gasteiger partial charge in [-0.3, -0.25) is 9.59 Å². The molecule has 2 rings (SSSR count). The molecule has 4 nitrogen and oxygen atoms in total. The number of aryl methyl sites for hydroxylation is 1. The Balaban J connectivity index is 2.50. The molecule has 18 heavy (non-hydrogen) atoms. The van der Waals surface area contributed by atoms with Gasteiger partial charge in [0.2, 0.25) is 0 Å². The van der Waals surface area contributed by atoms with Crippen molar-refractivity contribution in [3.63, 3.8) is 0 Å². The van der Waals surface area contributed by atoms with Crippen molar-refractivity contribution < 1.29 is 14.3 Å². The molecule has 0 radical (unpaired) electrons. The van der Waals surface area contributed by atoms with Crippen LogP contribution in [-0.2, 0) is 16.1 Å². The molecule has 1 aromatic carbocycles. The molecule has 2 aromatic rings. The van der Waals surface area contributed by atoms with Crippen molar-refractivity contribution in [2.24, 2.45) is 0 Å². The van der Waals surface area contributed by atoms with E-state index < -0.39 is 0 Å². The number of rotatable bonds is 4. The Hall–Kier alpha value is -2.10. The first-order valence-corrected chi connectivity index (χ1v) is 5.86. The average molecular weight is 245 g/mol. The van der Waals surface area contributed by atoms with Gasteiger partial charge in [0.1, 0.15) is 6.54 Å². The molecule has 1 heterocycles. The van der Waals surface area contributed by atoms with Gasteiger partial charge < -0.3 is 9.30 Å². The van der Waals surface area contributed by atoms with E-state index in [-0.39, 0.29) is 12.5 Å². The molecule has 0 fully saturated rings. The summed E-state index contributed by atoms with van der Waals surface area (Å²) in [5.41, 5.74) is 2.54. The maximum atomic E-state index is 11.5. The number of carbonyl (C=O) groups is 2. The van der Waals surface area contributed by atoms with Gasteiger partial charge in [0.05, 0.1) is 12.1 Å². The van der Waals surface area contributed by atoms with Crippen LogP contribution in [0.4, 0.5) is 0 Å². The number of benzene rings is 1. The van der Waals surface area contributed by atoms with Crippen LogP contribution in [0.5, 0.6) is 0 Å². The Morgan fingerprint density at radius 2 is 2.22 bits per heavy atom. The largest absolute Gasteiger partial charge is 0.465 e. The molecule has 0 bridgehead atoms. The van der Waals surface area contributed by atoms with Crippen LogP contribution in [0.15, 0.2) is 24.4 Å². The number of hydrogen-bond acceptors (Lipinski definition) is 3. The first-order valence-electron chi connectivity index (χ1n) is 5.86. The zero-order valence-corrected chi connectivity index (χ0v) is 10.5. The molecule has 0 aliphatic heterocycles. The Bertz CT molecular complexity index is 598. The van der Waals surface area contributed by atoms with Crippen LogP contribution in [0.1, 0.15) is 22.8 Å². The van der Waals surface area contributed by atoms with Crippen LogP contribution in [0.2, 0.25) is 0 Å². The molecule has 0 amide bonds. The summed E-state index contributed by atoms with van der Waals surface area (Å²) in [5.74, 6) is -0.296. The van der Waals surface area contributed by atoms with E-state index in [0.717, 1.165) is 22.8 Å². The fourth-order valence-corrected chi connectivity index (χ4v) is 2.14. The number of nitrogens with zero attached hydrogens (tertiary/aromatic N) is 1. The monoisotopic (exact) mass is 245 g/mol. The highest BCUT2D eigenvalue weighted by Gasteiger charge is 2.12. The predicted octanol–water partition coefficient (Wildman–Crippen LogP) is 2.33. The molecule has 0 N–H and O–H groups in total. The Morgan fingerprint density at radius 1 is 1.44 bits per heavy atom. The molecule has 0 aliphatic rings. The summed E-state index contributed by atoms with van der Waals surface area (Å²) in [7, 11) is 0. The van der Waals surface area contributed by atoms with Crippen molar-refractivity contribution in [3.8, 4) is 0 Å². The minimum Gasteiger partial charge on any atom is -0.465 e. The lowest BCUT2D eigenvalue weighted by molar-refractivity contribution is -0.143. The van der Waals surface area contributed by atoms with Gasteiger partial charge in [-0.2, -0.15) is 0 Å². The van der Waals surface area contributed by atoms with Crippen LogP contribution < -0.4 is 0 Å². The van der Waals surface area contributed by atoms with Crippen molar-refractivity contribution in [2.75, 3.05) is 6.61 Å². The fraction of sp³-hybridized carbons (Fsp3) is 0.286. The molecule has 0 unspecified atom stereocenters. The topological polar surface area (TPSA) is 48.3 Å². The van der Waals surface area contributed by atoms with Crippen LogP contribution in [-0.4, -0.2) is 23.4 Å². The van der Waals surface area contributed by atoms with E-state index in [1.54, 1.807) is 17.7 Å². The van der Waals surface area contributed by atoms with Crippen molar-refractivity contribution in [3.05, 3.63) is 35.5 Å². The first-order chi connectivity index (χ1) is 8.67. The Morgan fingerprint density at radius 3 is 2.89 bits per heavy atom. The van der Waals surface area contributed by atoms with E-state index in [2.05, 4.69) is 0 Å². The zero-order valence-electron chi connectivity index (χ0n) is 10.5. The highest BCUT2D eigenvalue weighted by atomic mass is 16.5. The maximum Gasteiger partial charge on any atom is 0.325 e. The van der Waals surface area contributed by atoms with Gasteiger partial charge in [0.25, 0.3) is 0 Å². The smallest absolute Gasteiger partial charge is 0.325 e. The summed E-state index contributed by atoms with van der Waals surface area (Å²) in [4.78, 5) is 22.6. The number of fused-ring (bicyclic) bond motifs is 1. The minimum absolute atomic E-state index is 0.128. The molecule has 94 valence electrons. The van der Waals surface area contributed by atoms with Gasteiger partial charge >= 0.3 is 5.97 Å². The van der Waals surface area contributed by atoms with Gasteiger partial charge in [0.15, 0.2) is 6.29 Å². The minimum atomic E-state index is -0.296. The zero-order chi connectivity index (χ0) is 13.1. The number of ether oxygens (including phenoxy) is 1. The van der Waals surface area contributed by atoms with Crippen molar-refractivity contribution in [1.82, 2.24) is 4.57 Å². The molecule has 4 heteroatoms. The standard InChI is InChI=1S/C14H15NO3/c1-3-18-13(17)8-15-7-11(9-16)12-6-4-5-10(2)14(12)15/h4-7,9H,3,8H2,1-2H3. The first kappa shape index (κ1) is 12.4. The van der Waals surface area contributed by atoms with Gasteiger partial charge in [-0.1, -0.05) is 18.2 Å². The number of aromatic nitrogens is 1. The van der Waals surface area contributed by atoms with E-state index >= 15 is 0 Å². The molecule has 0 aliphatic carbocycles. The average Bonchev–Trinajstić information content (AvgIpc) is 2.69. The van der Waals surface area contributed by atoms with E-state index in [0.29, 0.717) is 12.2 Å². The van der Waals surface area contributed by atoms with Gasteiger partial charge in [-0.05, 0) is 19.4 Å². The van der Waals surface area contributed by atoms with E-state index in [9.17, 15) is 9.59 Å². The molecular weight excluding hydrogens is 230 g/mol. The fourth-order valence-electron chi connectivity index (χ4n) is 2.14. The summed E-state index contributed by atoms with van der Waals surface area (Å²) < 4.78 is 6.70. The van der Waals surface area contributed by atoms with Crippen molar-refractivity contribution in [1.29, 1.82) is 0 Å². The summed E-state index contributed by atoms with van der Waals surface area (Å²) in [6.07, 6.45) is 2.50. The van der Waals surface area contributed by atoms with Crippen LogP contribution >= 0.6 is 0 Å². The normalized spacial score (nSPS) is 10.6. The van der Waals surface area contributed by atoms with E-state index in [1.807, 2.05) is 25.1 Å². The molecule has 0 saturated carbocycles. The lowest BCUT2D eigenvalue weighted by Gasteiger charge is -2.06. The summed E-state index contributed by atoms with van der Waals surface area (Å²) in [6, 6.07) is 5.74. The van der Waals surface area contributed by atoms with Gasteiger partial charge in [0, 0.05) is 17.1 Å². The van der Waals surface area contributed by atoms with Crippen LogP contribution in [0.25, 0.3) is 10.9 Å². The third-order valence-corrected chi connectivity index (χ3v) is 2.86. The third-order valence-electron chi connectivity index (χ3n) is 2.86. The predicted molar refractivity (Wildman–Crippen MR) is 68.7 cm³/mol. The number of para-hydroxylation sites is 1. The Labute approximate surface area is 105 Å². The summed E-state index contributed by atoms with van der Waals surface area (Å²) >= 11 is 0. The molecule has 0 atom stereocenters. The SMILES string of the molecule is CCOC(=O)Cn1cc(C=O)c2cccc(C)c21. The second kappa shape index (κ2) is 5.04. The highest BCUT2D eigenvalue weighted by Crippen LogP contribution is 2.23. The van der Waals surface area contributed by atoms with E-state index in [4.69, 9.17) is 4.74 Å². The number of aldehydes is 1. The molecule has 0 spiro atoms. The molecule has 1 aromatic heterocycles. The molecule has 0 saturated heterocycles. The lowest BCUT2D eigenvalue weighted by atomic mass is 10.1. The lowest BCUT2D eigenvalue weighted by Crippen LogP contribution is -2.12. The van der Waals surface area contributed by atoms with Crippen LogP contribution in [0.3, 0.4) is 0 Å². The van der Waals surface area contributed by atoms with Gasteiger partial charge in [-0.25, -0.2) is 0 Å².